The molecular weight excluding hydrogens is 169 g/mol. The van der Waals surface area contributed by atoms with Gasteiger partial charge in [-0.15, -0.1) is 0 Å². The predicted octanol–water partition coefficient (Wildman–Crippen LogP) is 1.90. The van der Waals surface area contributed by atoms with Gasteiger partial charge < -0.3 is 0 Å². The van der Waals surface area contributed by atoms with Gasteiger partial charge in [-0.3, -0.25) is 10.1 Å². The molecular formula is C9H8FN3. The van der Waals surface area contributed by atoms with Gasteiger partial charge in [-0.2, -0.15) is 0 Å². The van der Waals surface area contributed by atoms with Crippen LogP contribution in [0.2, 0.25) is 0 Å². The Morgan fingerprint density at radius 2 is 2.00 bits per heavy atom. The summed E-state index contributed by atoms with van der Waals surface area (Å²) in [6.45, 7) is 0. The second kappa shape index (κ2) is 3.26. The van der Waals surface area contributed by atoms with Crippen LogP contribution in [-0.4, -0.2) is 9.66 Å². The minimum absolute atomic E-state index is 0.221. The van der Waals surface area contributed by atoms with E-state index < -0.39 is 0 Å². The summed E-state index contributed by atoms with van der Waals surface area (Å²) in [5, 5.41) is 0. The Hall–Kier alpha value is -1.84. The lowest BCUT2D eigenvalue weighted by molar-refractivity contribution is 0.622. The standard InChI is InChI=1S/C9H8FN3/c10-8-4-3-5-11-9(8)12-13-6-1-2-7-13/h1-7H,(H,11,12). The van der Waals surface area contributed by atoms with Gasteiger partial charge in [-0.05, 0) is 24.3 Å². The SMILES string of the molecule is Fc1cccnc1Nn1cccc1. The van der Waals surface area contributed by atoms with E-state index in [9.17, 15) is 4.39 Å². The summed E-state index contributed by atoms with van der Waals surface area (Å²) in [4.78, 5) is 3.85. The molecule has 0 radical (unpaired) electrons. The van der Waals surface area contributed by atoms with Crippen molar-refractivity contribution in [2.75, 3.05) is 5.43 Å². The van der Waals surface area contributed by atoms with Crippen molar-refractivity contribution in [1.82, 2.24) is 9.66 Å². The van der Waals surface area contributed by atoms with Gasteiger partial charge >= 0.3 is 0 Å². The van der Waals surface area contributed by atoms with E-state index in [4.69, 9.17) is 0 Å². The molecule has 0 fully saturated rings. The van der Waals surface area contributed by atoms with Crippen LogP contribution in [0.5, 0.6) is 0 Å². The maximum atomic E-state index is 13.0. The quantitative estimate of drug-likeness (QED) is 0.759. The van der Waals surface area contributed by atoms with Crippen LogP contribution < -0.4 is 5.43 Å². The van der Waals surface area contributed by atoms with Crippen molar-refractivity contribution in [3.63, 3.8) is 0 Å². The van der Waals surface area contributed by atoms with E-state index in [1.807, 2.05) is 12.1 Å². The van der Waals surface area contributed by atoms with Crippen molar-refractivity contribution in [3.05, 3.63) is 48.7 Å². The number of halogens is 1. The predicted molar refractivity (Wildman–Crippen MR) is 47.6 cm³/mol. The first-order valence-corrected chi connectivity index (χ1v) is 3.87. The van der Waals surface area contributed by atoms with Crippen LogP contribution in [-0.2, 0) is 0 Å². The summed E-state index contributed by atoms with van der Waals surface area (Å²) in [5.74, 6) is -0.144. The third-order valence-electron chi connectivity index (χ3n) is 1.60. The molecule has 0 spiro atoms. The Balaban J connectivity index is 2.24. The number of pyridine rings is 1. The maximum Gasteiger partial charge on any atom is 0.181 e. The molecule has 66 valence electrons. The highest BCUT2D eigenvalue weighted by molar-refractivity contribution is 5.35. The number of nitrogens with one attached hydrogen (secondary N) is 1. The summed E-state index contributed by atoms with van der Waals surface area (Å²) in [7, 11) is 0. The molecule has 0 aromatic carbocycles. The van der Waals surface area contributed by atoms with E-state index in [0.717, 1.165) is 0 Å². The maximum absolute atomic E-state index is 13.0. The Labute approximate surface area is 74.8 Å². The second-order valence-electron chi connectivity index (χ2n) is 2.54. The molecule has 4 heteroatoms. The molecule has 2 heterocycles. The summed E-state index contributed by atoms with van der Waals surface area (Å²) in [5.41, 5.74) is 2.78. The molecule has 3 nitrogen and oxygen atoms in total. The highest BCUT2D eigenvalue weighted by Crippen LogP contribution is 2.08. The molecule has 2 rings (SSSR count). The first-order valence-electron chi connectivity index (χ1n) is 3.87. The zero-order valence-electron chi connectivity index (χ0n) is 6.81. The number of anilines is 1. The lowest BCUT2D eigenvalue weighted by atomic mass is 10.4. The first kappa shape index (κ1) is 7.79. The molecule has 0 saturated heterocycles. The van der Waals surface area contributed by atoms with Gasteiger partial charge in [-0.25, -0.2) is 9.37 Å². The number of hydrogen-bond acceptors (Lipinski definition) is 2. The molecule has 0 aliphatic rings. The van der Waals surface area contributed by atoms with Crippen LogP contribution in [0, 0.1) is 5.82 Å². The van der Waals surface area contributed by atoms with Crippen LogP contribution in [0.4, 0.5) is 10.2 Å². The fourth-order valence-electron chi connectivity index (χ4n) is 0.999. The fourth-order valence-corrected chi connectivity index (χ4v) is 0.999. The highest BCUT2D eigenvalue weighted by atomic mass is 19.1. The zero-order chi connectivity index (χ0) is 9.10. The Bertz CT molecular complexity index is 384. The van der Waals surface area contributed by atoms with Gasteiger partial charge in [0.2, 0.25) is 0 Å². The average Bonchev–Trinajstić information content (AvgIpc) is 2.61. The minimum Gasteiger partial charge on any atom is -0.276 e. The molecule has 0 aliphatic carbocycles. The van der Waals surface area contributed by atoms with E-state index in [1.165, 1.54) is 12.3 Å². The average molecular weight is 177 g/mol. The van der Waals surface area contributed by atoms with E-state index in [0.29, 0.717) is 0 Å². The van der Waals surface area contributed by atoms with E-state index in [2.05, 4.69) is 10.4 Å². The molecule has 2 aromatic rings. The summed E-state index contributed by atoms with van der Waals surface area (Å²) in [6.07, 6.45) is 5.08. The first-order chi connectivity index (χ1) is 6.36. The Morgan fingerprint density at radius 3 is 2.69 bits per heavy atom. The third kappa shape index (κ3) is 1.66. The Morgan fingerprint density at radius 1 is 1.23 bits per heavy atom. The monoisotopic (exact) mass is 177 g/mol. The van der Waals surface area contributed by atoms with Gasteiger partial charge in [0.1, 0.15) is 0 Å². The van der Waals surface area contributed by atoms with E-state index in [-0.39, 0.29) is 11.6 Å². The third-order valence-corrected chi connectivity index (χ3v) is 1.60. The van der Waals surface area contributed by atoms with Gasteiger partial charge in [-0.1, -0.05) is 0 Å². The van der Waals surface area contributed by atoms with Crippen LogP contribution in [0.25, 0.3) is 0 Å². The molecule has 2 aromatic heterocycles. The number of aromatic nitrogens is 2. The smallest absolute Gasteiger partial charge is 0.181 e. The largest absolute Gasteiger partial charge is 0.276 e. The lowest BCUT2D eigenvalue weighted by Gasteiger charge is -2.05. The molecule has 13 heavy (non-hydrogen) atoms. The minimum atomic E-state index is -0.365. The van der Waals surface area contributed by atoms with Crippen molar-refractivity contribution >= 4 is 5.82 Å². The van der Waals surface area contributed by atoms with Crippen LogP contribution >= 0.6 is 0 Å². The van der Waals surface area contributed by atoms with Gasteiger partial charge in [0, 0.05) is 18.6 Å². The van der Waals surface area contributed by atoms with Gasteiger partial charge in [0.05, 0.1) is 0 Å². The fraction of sp³-hybridized carbons (Fsp3) is 0. The highest BCUT2D eigenvalue weighted by Gasteiger charge is 1.99. The molecule has 1 N–H and O–H groups in total. The molecule has 0 bridgehead atoms. The van der Waals surface area contributed by atoms with Crippen LogP contribution in [0.3, 0.4) is 0 Å². The molecule has 0 amide bonds. The number of nitrogens with zero attached hydrogens (tertiary/aromatic N) is 2. The normalized spacial score (nSPS) is 9.92. The summed E-state index contributed by atoms with van der Waals surface area (Å²) >= 11 is 0. The van der Waals surface area contributed by atoms with Crippen molar-refractivity contribution < 1.29 is 4.39 Å². The van der Waals surface area contributed by atoms with Crippen LogP contribution in [0.1, 0.15) is 0 Å². The van der Waals surface area contributed by atoms with Crippen LogP contribution in [0.15, 0.2) is 42.9 Å². The van der Waals surface area contributed by atoms with Crippen molar-refractivity contribution in [2.45, 2.75) is 0 Å². The molecule has 0 aliphatic heterocycles. The van der Waals surface area contributed by atoms with Crippen molar-refractivity contribution in [1.29, 1.82) is 0 Å². The lowest BCUT2D eigenvalue weighted by Crippen LogP contribution is -2.08. The molecule has 0 atom stereocenters. The summed E-state index contributed by atoms with van der Waals surface area (Å²) < 4.78 is 14.7. The van der Waals surface area contributed by atoms with Gasteiger partial charge in [0.15, 0.2) is 11.6 Å². The number of hydrogen-bond donors (Lipinski definition) is 1. The summed E-state index contributed by atoms with van der Waals surface area (Å²) in [6, 6.07) is 6.59. The Kier molecular flexibility index (Phi) is 1.96. The van der Waals surface area contributed by atoms with E-state index in [1.54, 1.807) is 23.1 Å². The number of rotatable bonds is 2. The van der Waals surface area contributed by atoms with Crippen molar-refractivity contribution in [3.8, 4) is 0 Å². The zero-order valence-corrected chi connectivity index (χ0v) is 6.81. The molecule has 0 saturated carbocycles. The topological polar surface area (TPSA) is 29.9 Å². The molecule has 0 unspecified atom stereocenters. The van der Waals surface area contributed by atoms with Gasteiger partial charge in [0.25, 0.3) is 0 Å². The van der Waals surface area contributed by atoms with E-state index >= 15 is 0 Å². The second-order valence-corrected chi connectivity index (χ2v) is 2.54. The van der Waals surface area contributed by atoms with Crippen molar-refractivity contribution in [2.24, 2.45) is 0 Å².